The van der Waals surface area contributed by atoms with Crippen molar-refractivity contribution in [3.8, 4) is 5.69 Å². The molecule has 0 radical (unpaired) electrons. The lowest BCUT2D eigenvalue weighted by molar-refractivity contribution is 0.0947. The molecule has 0 saturated carbocycles. The second-order valence-corrected chi connectivity index (χ2v) is 6.14. The van der Waals surface area contributed by atoms with Gasteiger partial charge in [0, 0.05) is 25.7 Å². The number of aryl methyl sites for hydroxylation is 1. The molecule has 9 heteroatoms. The van der Waals surface area contributed by atoms with E-state index in [1.165, 1.54) is 16.8 Å². The summed E-state index contributed by atoms with van der Waals surface area (Å²) in [6.45, 7) is 3.21. The lowest BCUT2D eigenvalue weighted by Gasteiger charge is -2.05. The van der Waals surface area contributed by atoms with Crippen molar-refractivity contribution in [3.05, 3.63) is 58.6 Å². The highest BCUT2D eigenvalue weighted by Gasteiger charge is 2.16. The van der Waals surface area contributed by atoms with Crippen LogP contribution in [-0.2, 0) is 13.0 Å². The van der Waals surface area contributed by atoms with E-state index in [1.807, 2.05) is 11.5 Å². The van der Waals surface area contributed by atoms with E-state index in [0.29, 0.717) is 23.1 Å². The number of nitrogens with one attached hydrogen (secondary N) is 1. The van der Waals surface area contributed by atoms with E-state index in [2.05, 4.69) is 36.5 Å². The summed E-state index contributed by atoms with van der Waals surface area (Å²) in [7, 11) is 0. The summed E-state index contributed by atoms with van der Waals surface area (Å²) in [6.07, 6.45) is 3.91. The van der Waals surface area contributed by atoms with Gasteiger partial charge in [0.25, 0.3) is 5.91 Å². The van der Waals surface area contributed by atoms with Crippen LogP contribution >= 0.6 is 15.9 Å². The normalized spacial score (nSPS) is 10.8. The second kappa shape index (κ2) is 7.56. The van der Waals surface area contributed by atoms with Crippen LogP contribution in [0.15, 0.2) is 41.3 Å². The Morgan fingerprint density at radius 1 is 1.32 bits per heavy atom. The summed E-state index contributed by atoms with van der Waals surface area (Å²) in [5.41, 5.74) is 0.929. The Bertz CT molecular complexity index is 873. The molecule has 0 unspecified atom stereocenters. The van der Waals surface area contributed by atoms with E-state index in [9.17, 15) is 9.18 Å². The van der Waals surface area contributed by atoms with Crippen LogP contribution in [0, 0.1) is 5.82 Å². The number of rotatable bonds is 6. The SMILES string of the molecule is CCn1cnnc1CCNC(=O)c1nn(-c2ccc(F)cc2)cc1Br. The predicted molar refractivity (Wildman–Crippen MR) is 93.0 cm³/mol. The molecule has 2 heterocycles. The Balaban J connectivity index is 1.65. The van der Waals surface area contributed by atoms with Crippen LogP contribution in [0.2, 0.25) is 0 Å². The number of aromatic nitrogens is 5. The Kier molecular flexibility index (Phi) is 5.22. The van der Waals surface area contributed by atoms with Crippen LogP contribution in [0.3, 0.4) is 0 Å². The van der Waals surface area contributed by atoms with E-state index < -0.39 is 0 Å². The number of halogens is 2. The van der Waals surface area contributed by atoms with Gasteiger partial charge in [-0.2, -0.15) is 5.10 Å². The maximum atomic E-state index is 13.0. The molecule has 130 valence electrons. The first kappa shape index (κ1) is 17.3. The molecule has 0 saturated heterocycles. The minimum atomic E-state index is -0.326. The van der Waals surface area contributed by atoms with Crippen molar-refractivity contribution in [3.63, 3.8) is 0 Å². The zero-order valence-corrected chi connectivity index (χ0v) is 15.1. The summed E-state index contributed by atoms with van der Waals surface area (Å²) in [5, 5.41) is 15.0. The Morgan fingerprint density at radius 2 is 2.08 bits per heavy atom. The molecular formula is C16H16BrFN6O. The number of nitrogens with zero attached hydrogens (tertiary/aromatic N) is 5. The molecule has 0 bridgehead atoms. The van der Waals surface area contributed by atoms with Crippen molar-refractivity contribution < 1.29 is 9.18 Å². The topological polar surface area (TPSA) is 77.6 Å². The van der Waals surface area contributed by atoms with Crippen molar-refractivity contribution in [2.24, 2.45) is 0 Å². The monoisotopic (exact) mass is 406 g/mol. The Hall–Kier alpha value is -2.55. The lowest BCUT2D eigenvalue weighted by Crippen LogP contribution is -2.27. The van der Waals surface area contributed by atoms with Crippen molar-refractivity contribution in [2.45, 2.75) is 19.9 Å². The fourth-order valence-corrected chi connectivity index (χ4v) is 2.79. The number of hydrogen-bond donors (Lipinski definition) is 1. The number of carbonyl (C=O) groups excluding carboxylic acids is 1. The third-order valence-electron chi connectivity index (χ3n) is 3.65. The molecule has 1 aromatic carbocycles. The average Bonchev–Trinajstić information content (AvgIpc) is 3.21. The Labute approximate surface area is 152 Å². The molecule has 0 aliphatic heterocycles. The van der Waals surface area contributed by atoms with E-state index in [4.69, 9.17) is 0 Å². The number of carbonyl (C=O) groups is 1. The third kappa shape index (κ3) is 3.93. The highest BCUT2D eigenvalue weighted by molar-refractivity contribution is 9.10. The fourth-order valence-electron chi connectivity index (χ4n) is 2.34. The highest BCUT2D eigenvalue weighted by atomic mass is 79.9. The minimum absolute atomic E-state index is 0.265. The second-order valence-electron chi connectivity index (χ2n) is 5.29. The molecular weight excluding hydrogens is 391 g/mol. The van der Waals surface area contributed by atoms with Crippen LogP contribution < -0.4 is 5.32 Å². The molecule has 3 rings (SSSR count). The minimum Gasteiger partial charge on any atom is -0.350 e. The van der Waals surface area contributed by atoms with Crippen molar-refractivity contribution in [1.29, 1.82) is 0 Å². The van der Waals surface area contributed by atoms with Gasteiger partial charge in [-0.3, -0.25) is 4.79 Å². The molecule has 0 aliphatic carbocycles. The predicted octanol–water partition coefficient (Wildman–Crippen LogP) is 2.36. The third-order valence-corrected chi connectivity index (χ3v) is 4.23. The van der Waals surface area contributed by atoms with Gasteiger partial charge < -0.3 is 9.88 Å². The first-order valence-electron chi connectivity index (χ1n) is 7.74. The van der Waals surface area contributed by atoms with Crippen LogP contribution in [0.25, 0.3) is 5.69 Å². The molecule has 0 aliphatic rings. The van der Waals surface area contributed by atoms with Crippen LogP contribution in [0.4, 0.5) is 4.39 Å². The molecule has 0 fully saturated rings. The largest absolute Gasteiger partial charge is 0.350 e. The summed E-state index contributed by atoms with van der Waals surface area (Å²) in [6, 6.07) is 5.87. The molecule has 25 heavy (non-hydrogen) atoms. The van der Waals surface area contributed by atoms with E-state index in [-0.39, 0.29) is 17.4 Å². The van der Waals surface area contributed by atoms with Gasteiger partial charge in [0.1, 0.15) is 18.0 Å². The van der Waals surface area contributed by atoms with E-state index in [1.54, 1.807) is 24.7 Å². The standard InChI is InChI=1S/C16H16BrFN6O/c1-2-23-10-20-21-14(23)7-8-19-16(25)15-13(17)9-24(22-15)12-5-3-11(18)4-6-12/h3-6,9-10H,2,7-8H2,1H3,(H,19,25). The zero-order chi connectivity index (χ0) is 17.8. The summed E-state index contributed by atoms with van der Waals surface area (Å²) < 4.78 is 17.0. The van der Waals surface area contributed by atoms with Crippen LogP contribution in [0.1, 0.15) is 23.2 Å². The molecule has 1 amide bonds. The van der Waals surface area contributed by atoms with Gasteiger partial charge in [-0.25, -0.2) is 9.07 Å². The molecule has 7 nitrogen and oxygen atoms in total. The summed E-state index contributed by atoms with van der Waals surface area (Å²) >= 11 is 3.34. The first-order chi connectivity index (χ1) is 12.1. The van der Waals surface area contributed by atoms with Gasteiger partial charge in [0.15, 0.2) is 5.69 Å². The summed E-state index contributed by atoms with van der Waals surface area (Å²) in [5.74, 6) is 0.196. The van der Waals surface area contributed by atoms with Gasteiger partial charge in [-0.05, 0) is 47.1 Å². The zero-order valence-electron chi connectivity index (χ0n) is 13.5. The number of amides is 1. The maximum absolute atomic E-state index is 13.0. The summed E-state index contributed by atoms with van der Waals surface area (Å²) in [4.78, 5) is 12.3. The Morgan fingerprint density at radius 3 is 2.80 bits per heavy atom. The molecule has 3 aromatic rings. The maximum Gasteiger partial charge on any atom is 0.272 e. The van der Waals surface area contributed by atoms with Gasteiger partial charge in [0.05, 0.1) is 10.2 Å². The molecule has 0 spiro atoms. The quantitative estimate of drug-likeness (QED) is 0.681. The highest BCUT2D eigenvalue weighted by Crippen LogP contribution is 2.18. The van der Waals surface area contributed by atoms with E-state index in [0.717, 1.165) is 12.4 Å². The van der Waals surface area contributed by atoms with Gasteiger partial charge >= 0.3 is 0 Å². The number of hydrogen-bond acceptors (Lipinski definition) is 4. The van der Waals surface area contributed by atoms with Gasteiger partial charge in [-0.1, -0.05) is 0 Å². The van der Waals surface area contributed by atoms with Gasteiger partial charge in [0.2, 0.25) is 0 Å². The van der Waals surface area contributed by atoms with Gasteiger partial charge in [-0.15, -0.1) is 10.2 Å². The number of benzene rings is 1. The smallest absolute Gasteiger partial charge is 0.272 e. The van der Waals surface area contributed by atoms with Crippen molar-refractivity contribution in [2.75, 3.05) is 6.54 Å². The average molecular weight is 407 g/mol. The molecule has 0 atom stereocenters. The first-order valence-corrected chi connectivity index (χ1v) is 8.53. The van der Waals surface area contributed by atoms with E-state index >= 15 is 0 Å². The van der Waals surface area contributed by atoms with Crippen LogP contribution in [0.5, 0.6) is 0 Å². The lowest BCUT2D eigenvalue weighted by atomic mass is 10.3. The van der Waals surface area contributed by atoms with Crippen LogP contribution in [-0.4, -0.2) is 37.0 Å². The molecule has 2 aromatic heterocycles. The molecule has 1 N–H and O–H groups in total. The fraction of sp³-hybridized carbons (Fsp3) is 0.250. The van der Waals surface area contributed by atoms with Crippen molar-refractivity contribution >= 4 is 21.8 Å². The van der Waals surface area contributed by atoms with Crippen molar-refractivity contribution in [1.82, 2.24) is 29.9 Å².